The Bertz CT molecular complexity index is 388. The summed E-state index contributed by atoms with van der Waals surface area (Å²) in [4.78, 5) is 6.56. The lowest BCUT2D eigenvalue weighted by atomic mass is 9.75. The summed E-state index contributed by atoms with van der Waals surface area (Å²) < 4.78 is 5.25. The molecule has 1 aromatic rings. The minimum absolute atomic E-state index is 0.357. The van der Waals surface area contributed by atoms with E-state index in [0.717, 1.165) is 24.5 Å². The molecule has 0 aromatic carbocycles. The number of pyridine rings is 1. The SMILES string of the molecule is COc1ncccc1CNCC1(N(C)C)CCC1. The van der Waals surface area contributed by atoms with E-state index in [-0.39, 0.29) is 0 Å². The molecule has 1 N–H and O–H groups in total. The first-order valence-electron chi connectivity index (χ1n) is 6.54. The van der Waals surface area contributed by atoms with Crippen LogP contribution in [0.4, 0.5) is 0 Å². The second kappa shape index (κ2) is 5.67. The molecule has 0 radical (unpaired) electrons. The second-order valence-electron chi connectivity index (χ2n) is 5.25. The summed E-state index contributed by atoms with van der Waals surface area (Å²) in [6, 6.07) is 4.01. The highest BCUT2D eigenvalue weighted by Gasteiger charge is 2.38. The van der Waals surface area contributed by atoms with Crippen LogP contribution in [0.1, 0.15) is 24.8 Å². The van der Waals surface area contributed by atoms with Gasteiger partial charge in [0.2, 0.25) is 5.88 Å². The van der Waals surface area contributed by atoms with E-state index in [2.05, 4.69) is 35.4 Å². The van der Waals surface area contributed by atoms with Crippen LogP contribution in [-0.4, -0.2) is 43.2 Å². The van der Waals surface area contributed by atoms with Crippen molar-refractivity contribution in [1.29, 1.82) is 0 Å². The first kappa shape index (κ1) is 13.3. The maximum absolute atomic E-state index is 5.25. The van der Waals surface area contributed by atoms with E-state index >= 15 is 0 Å². The Morgan fingerprint density at radius 2 is 2.22 bits per heavy atom. The number of hydrogen-bond acceptors (Lipinski definition) is 4. The first-order valence-corrected chi connectivity index (χ1v) is 6.54. The Hall–Kier alpha value is -1.13. The van der Waals surface area contributed by atoms with Gasteiger partial charge in [0.15, 0.2) is 0 Å². The molecule has 18 heavy (non-hydrogen) atoms. The highest BCUT2D eigenvalue weighted by Crippen LogP contribution is 2.35. The minimum Gasteiger partial charge on any atom is -0.481 e. The highest BCUT2D eigenvalue weighted by atomic mass is 16.5. The lowest BCUT2D eigenvalue weighted by Crippen LogP contribution is -2.56. The summed E-state index contributed by atoms with van der Waals surface area (Å²) in [5.41, 5.74) is 1.48. The lowest BCUT2D eigenvalue weighted by Gasteiger charge is -2.47. The van der Waals surface area contributed by atoms with Gasteiger partial charge in [0.1, 0.15) is 0 Å². The van der Waals surface area contributed by atoms with Gasteiger partial charge in [0, 0.05) is 30.4 Å². The van der Waals surface area contributed by atoms with Crippen LogP contribution in [0.25, 0.3) is 0 Å². The summed E-state index contributed by atoms with van der Waals surface area (Å²) in [5.74, 6) is 0.720. The number of aromatic nitrogens is 1. The van der Waals surface area contributed by atoms with Crippen molar-refractivity contribution in [2.45, 2.75) is 31.3 Å². The fourth-order valence-corrected chi connectivity index (χ4v) is 2.54. The Morgan fingerprint density at radius 1 is 1.44 bits per heavy atom. The third-order valence-corrected chi connectivity index (χ3v) is 4.05. The predicted octanol–water partition coefficient (Wildman–Crippen LogP) is 1.66. The summed E-state index contributed by atoms with van der Waals surface area (Å²) in [6.45, 7) is 1.84. The Labute approximate surface area is 109 Å². The molecular formula is C14H23N3O. The minimum atomic E-state index is 0.357. The van der Waals surface area contributed by atoms with Crippen molar-refractivity contribution >= 4 is 0 Å². The number of ether oxygens (including phenoxy) is 1. The molecule has 0 atom stereocenters. The Morgan fingerprint density at radius 3 is 2.78 bits per heavy atom. The van der Waals surface area contributed by atoms with Crippen molar-refractivity contribution in [3.8, 4) is 5.88 Å². The number of nitrogens with one attached hydrogen (secondary N) is 1. The Kier molecular flexibility index (Phi) is 4.19. The molecule has 0 amide bonds. The van der Waals surface area contributed by atoms with Crippen molar-refractivity contribution < 1.29 is 4.74 Å². The van der Waals surface area contributed by atoms with Gasteiger partial charge in [-0.25, -0.2) is 4.98 Å². The predicted molar refractivity (Wildman–Crippen MR) is 72.8 cm³/mol. The summed E-state index contributed by atoms with van der Waals surface area (Å²) >= 11 is 0. The number of nitrogens with zero attached hydrogens (tertiary/aromatic N) is 2. The molecule has 1 aliphatic carbocycles. The van der Waals surface area contributed by atoms with Crippen molar-refractivity contribution in [2.24, 2.45) is 0 Å². The molecule has 0 unspecified atom stereocenters. The average Bonchev–Trinajstić information content (AvgIpc) is 2.32. The maximum atomic E-state index is 5.25. The summed E-state index contributed by atoms with van der Waals surface area (Å²) in [7, 11) is 6.01. The standard InChI is InChI=1S/C14H23N3O/c1-17(2)14(7-5-8-14)11-15-10-12-6-4-9-16-13(12)18-3/h4,6,9,15H,5,7-8,10-11H2,1-3H3. The van der Waals surface area contributed by atoms with Crippen LogP contribution in [0.2, 0.25) is 0 Å². The average molecular weight is 249 g/mol. The van der Waals surface area contributed by atoms with E-state index in [1.54, 1.807) is 13.3 Å². The van der Waals surface area contributed by atoms with E-state index in [0.29, 0.717) is 5.54 Å². The van der Waals surface area contributed by atoms with Crippen molar-refractivity contribution in [2.75, 3.05) is 27.7 Å². The third kappa shape index (κ3) is 2.65. The third-order valence-electron chi connectivity index (χ3n) is 4.05. The van der Waals surface area contributed by atoms with Gasteiger partial charge >= 0.3 is 0 Å². The van der Waals surface area contributed by atoms with Gasteiger partial charge in [-0.3, -0.25) is 0 Å². The molecule has 1 fully saturated rings. The summed E-state index contributed by atoms with van der Waals surface area (Å²) in [5, 5.41) is 3.54. The molecule has 2 rings (SSSR count). The van der Waals surface area contributed by atoms with Gasteiger partial charge in [-0.2, -0.15) is 0 Å². The van der Waals surface area contributed by atoms with E-state index in [1.165, 1.54) is 19.3 Å². The first-order chi connectivity index (χ1) is 8.68. The van der Waals surface area contributed by atoms with Gasteiger partial charge in [-0.05, 0) is 39.4 Å². The van der Waals surface area contributed by atoms with Gasteiger partial charge in [0.25, 0.3) is 0 Å². The van der Waals surface area contributed by atoms with E-state index in [1.807, 2.05) is 6.07 Å². The second-order valence-corrected chi connectivity index (χ2v) is 5.25. The summed E-state index contributed by atoms with van der Waals surface area (Å²) in [6.07, 6.45) is 5.68. The highest BCUT2D eigenvalue weighted by molar-refractivity contribution is 5.25. The largest absolute Gasteiger partial charge is 0.481 e. The quantitative estimate of drug-likeness (QED) is 0.832. The van der Waals surface area contributed by atoms with Gasteiger partial charge < -0.3 is 15.0 Å². The molecule has 1 saturated carbocycles. The zero-order valence-electron chi connectivity index (χ0n) is 11.6. The van der Waals surface area contributed by atoms with Crippen molar-refractivity contribution in [1.82, 2.24) is 15.2 Å². The molecule has 0 bridgehead atoms. The molecule has 0 aliphatic heterocycles. The molecule has 4 nitrogen and oxygen atoms in total. The number of rotatable bonds is 6. The smallest absolute Gasteiger partial charge is 0.217 e. The molecule has 0 spiro atoms. The van der Waals surface area contributed by atoms with Crippen LogP contribution in [0.3, 0.4) is 0 Å². The van der Waals surface area contributed by atoms with Crippen LogP contribution in [0.5, 0.6) is 5.88 Å². The normalized spacial score (nSPS) is 17.6. The molecule has 1 aromatic heterocycles. The zero-order chi connectivity index (χ0) is 13.0. The van der Waals surface area contributed by atoms with Crippen molar-refractivity contribution in [3.63, 3.8) is 0 Å². The van der Waals surface area contributed by atoms with Gasteiger partial charge in [0.05, 0.1) is 7.11 Å². The lowest BCUT2D eigenvalue weighted by molar-refractivity contribution is 0.0597. The zero-order valence-corrected chi connectivity index (χ0v) is 11.6. The number of likely N-dealkylation sites (N-methyl/N-ethyl adjacent to an activating group) is 1. The maximum Gasteiger partial charge on any atom is 0.217 e. The van der Waals surface area contributed by atoms with Crippen LogP contribution in [0, 0.1) is 0 Å². The van der Waals surface area contributed by atoms with Crippen LogP contribution in [0.15, 0.2) is 18.3 Å². The molecule has 100 valence electrons. The Balaban J connectivity index is 1.88. The van der Waals surface area contributed by atoms with Crippen LogP contribution in [-0.2, 0) is 6.54 Å². The van der Waals surface area contributed by atoms with Crippen LogP contribution < -0.4 is 10.1 Å². The van der Waals surface area contributed by atoms with Gasteiger partial charge in [-0.1, -0.05) is 6.07 Å². The van der Waals surface area contributed by atoms with E-state index < -0.39 is 0 Å². The number of hydrogen-bond donors (Lipinski definition) is 1. The number of methoxy groups -OCH3 is 1. The fourth-order valence-electron chi connectivity index (χ4n) is 2.54. The van der Waals surface area contributed by atoms with Crippen molar-refractivity contribution in [3.05, 3.63) is 23.9 Å². The monoisotopic (exact) mass is 249 g/mol. The molecule has 4 heteroatoms. The topological polar surface area (TPSA) is 37.4 Å². The van der Waals surface area contributed by atoms with Gasteiger partial charge in [-0.15, -0.1) is 0 Å². The van der Waals surface area contributed by atoms with E-state index in [4.69, 9.17) is 4.74 Å². The van der Waals surface area contributed by atoms with Crippen LogP contribution >= 0.6 is 0 Å². The molecular weight excluding hydrogens is 226 g/mol. The molecule has 0 saturated heterocycles. The molecule has 1 heterocycles. The van der Waals surface area contributed by atoms with E-state index in [9.17, 15) is 0 Å². The molecule has 1 aliphatic rings. The fraction of sp³-hybridized carbons (Fsp3) is 0.643.